The van der Waals surface area contributed by atoms with Crippen molar-refractivity contribution < 1.29 is 39.3 Å². The third-order valence-electron chi connectivity index (χ3n) is 5.15. The fourth-order valence-corrected chi connectivity index (χ4v) is 3.38. The molecular formula is C22H27N3O9. The van der Waals surface area contributed by atoms with Crippen molar-refractivity contribution in [1.29, 1.82) is 0 Å². The van der Waals surface area contributed by atoms with Crippen LogP contribution in [0.2, 0.25) is 0 Å². The van der Waals surface area contributed by atoms with Gasteiger partial charge >= 0.3 is 11.9 Å². The fraction of sp³-hybridized carbons (Fsp3) is 0.364. The van der Waals surface area contributed by atoms with E-state index in [4.69, 9.17) is 29.3 Å². The van der Waals surface area contributed by atoms with Gasteiger partial charge in [-0.05, 0) is 23.3 Å². The first-order valence-corrected chi connectivity index (χ1v) is 10.2. The molecule has 184 valence electrons. The smallest absolute Gasteiger partial charge is 0.414 e. The summed E-state index contributed by atoms with van der Waals surface area (Å²) in [5, 5.41) is 35.6. The Labute approximate surface area is 195 Å². The lowest BCUT2D eigenvalue weighted by Gasteiger charge is -2.34. The number of phenolic OH excluding ortho intramolecular Hbond substituents is 1. The van der Waals surface area contributed by atoms with Crippen LogP contribution < -0.4 is 9.47 Å². The van der Waals surface area contributed by atoms with E-state index in [0.717, 1.165) is 50.4 Å². The van der Waals surface area contributed by atoms with Crippen LogP contribution >= 0.6 is 0 Å². The summed E-state index contributed by atoms with van der Waals surface area (Å²) < 4.78 is 10.5. The van der Waals surface area contributed by atoms with Crippen molar-refractivity contribution in [2.24, 2.45) is 0 Å². The zero-order valence-corrected chi connectivity index (χ0v) is 18.8. The number of carboxylic acid groups (broad SMARTS) is 2. The molecule has 0 radical (unpaired) electrons. The van der Waals surface area contributed by atoms with Crippen LogP contribution in [0.25, 0.3) is 0 Å². The average molecular weight is 477 g/mol. The van der Waals surface area contributed by atoms with Crippen molar-refractivity contribution >= 4 is 17.6 Å². The number of rotatable bonds is 7. The number of hydrogen-bond acceptors (Lipinski definition) is 9. The van der Waals surface area contributed by atoms with Crippen LogP contribution in [-0.4, -0.2) is 82.4 Å². The van der Waals surface area contributed by atoms with Crippen LogP contribution in [-0.2, 0) is 22.7 Å². The molecule has 12 nitrogen and oxygen atoms in total. The van der Waals surface area contributed by atoms with Gasteiger partial charge in [0.25, 0.3) is 5.69 Å². The molecule has 34 heavy (non-hydrogen) atoms. The van der Waals surface area contributed by atoms with E-state index < -0.39 is 11.9 Å². The van der Waals surface area contributed by atoms with Crippen LogP contribution in [0.1, 0.15) is 11.1 Å². The number of ether oxygens (including phenoxy) is 2. The highest BCUT2D eigenvalue weighted by Gasteiger charge is 2.19. The van der Waals surface area contributed by atoms with E-state index in [1.165, 1.54) is 14.2 Å². The van der Waals surface area contributed by atoms with Crippen molar-refractivity contribution in [2.75, 3.05) is 40.4 Å². The molecule has 0 aliphatic carbocycles. The Bertz CT molecular complexity index is 966. The lowest BCUT2D eigenvalue weighted by molar-refractivity contribution is -0.384. The minimum Gasteiger partial charge on any atom is -0.502 e. The quantitative estimate of drug-likeness (QED) is 0.303. The number of methoxy groups -OCH3 is 2. The maximum atomic E-state index is 10.7. The van der Waals surface area contributed by atoms with E-state index in [2.05, 4.69) is 9.80 Å². The second-order valence-electron chi connectivity index (χ2n) is 7.44. The van der Waals surface area contributed by atoms with Crippen molar-refractivity contribution in [1.82, 2.24) is 9.80 Å². The lowest BCUT2D eigenvalue weighted by atomic mass is 10.1. The number of piperazine rings is 1. The van der Waals surface area contributed by atoms with Gasteiger partial charge in [0.1, 0.15) is 0 Å². The van der Waals surface area contributed by atoms with Crippen molar-refractivity contribution in [3.05, 3.63) is 57.6 Å². The molecule has 1 aliphatic rings. The lowest BCUT2D eigenvalue weighted by Crippen LogP contribution is -2.45. The standard InChI is InChI=1S/C20H25N3O5.C2H2O4/c1-27-18-11-16(12-19(28-2)20(18)24)14-22-9-7-21(8-10-22)13-15-3-5-17(6-4-15)23(25)26;3-1(4)2(5)6/h3-6,11-12,24H,7-10,13-14H2,1-2H3;(H,3,4)(H,5,6). The van der Waals surface area contributed by atoms with Crippen molar-refractivity contribution in [3.63, 3.8) is 0 Å². The van der Waals surface area contributed by atoms with Gasteiger partial charge in [0.15, 0.2) is 11.5 Å². The molecule has 2 aromatic carbocycles. The number of aromatic hydroxyl groups is 1. The summed E-state index contributed by atoms with van der Waals surface area (Å²) in [4.78, 5) is 33.3. The molecule has 0 aromatic heterocycles. The van der Waals surface area contributed by atoms with Gasteiger partial charge in [0.2, 0.25) is 5.75 Å². The number of benzene rings is 2. The molecule has 0 saturated carbocycles. The summed E-state index contributed by atoms with van der Waals surface area (Å²) in [6.07, 6.45) is 0. The molecule has 0 amide bonds. The van der Waals surface area contributed by atoms with Gasteiger partial charge in [-0.2, -0.15) is 0 Å². The summed E-state index contributed by atoms with van der Waals surface area (Å²) >= 11 is 0. The van der Waals surface area contributed by atoms with E-state index >= 15 is 0 Å². The second-order valence-corrected chi connectivity index (χ2v) is 7.44. The zero-order chi connectivity index (χ0) is 25.3. The minimum absolute atomic E-state index is 0.0154. The molecule has 12 heteroatoms. The molecule has 1 fully saturated rings. The van der Waals surface area contributed by atoms with E-state index in [1.54, 1.807) is 12.1 Å². The summed E-state index contributed by atoms with van der Waals surface area (Å²) in [5.74, 6) is -2.82. The van der Waals surface area contributed by atoms with Gasteiger partial charge in [0.05, 0.1) is 19.1 Å². The molecular weight excluding hydrogens is 450 g/mol. The Hall–Kier alpha value is -3.90. The Morgan fingerprint density at radius 2 is 1.29 bits per heavy atom. The molecule has 3 rings (SSSR count). The number of aliphatic carboxylic acids is 2. The first kappa shape index (κ1) is 26.4. The summed E-state index contributed by atoms with van der Waals surface area (Å²) in [7, 11) is 3.05. The molecule has 3 N–H and O–H groups in total. The number of carbonyl (C=O) groups is 2. The summed E-state index contributed by atoms with van der Waals surface area (Å²) in [5.41, 5.74) is 2.22. The minimum atomic E-state index is -1.82. The van der Waals surface area contributed by atoms with Crippen LogP contribution in [0.4, 0.5) is 5.69 Å². The van der Waals surface area contributed by atoms with Crippen LogP contribution in [0, 0.1) is 10.1 Å². The van der Waals surface area contributed by atoms with E-state index in [1.807, 2.05) is 24.3 Å². The average Bonchev–Trinajstić information content (AvgIpc) is 2.82. The SMILES string of the molecule is COc1cc(CN2CCN(Cc3ccc([N+](=O)[O-])cc3)CC2)cc(OC)c1O.O=C(O)C(=O)O. The van der Waals surface area contributed by atoms with Crippen LogP contribution in [0.15, 0.2) is 36.4 Å². The molecule has 0 atom stereocenters. The van der Waals surface area contributed by atoms with Crippen molar-refractivity contribution in [3.8, 4) is 17.2 Å². The Balaban J connectivity index is 0.000000604. The topological polar surface area (TPSA) is 163 Å². The molecule has 1 aliphatic heterocycles. The molecule has 2 aromatic rings. The number of phenols is 1. The highest BCUT2D eigenvalue weighted by molar-refractivity contribution is 6.27. The largest absolute Gasteiger partial charge is 0.502 e. The number of non-ortho nitro benzene ring substituents is 1. The normalized spacial score (nSPS) is 13.9. The number of hydrogen-bond donors (Lipinski definition) is 3. The van der Waals surface area contributed by atoms with Gasteiger partial charge in [-0.15, -0.1) is 0 Å². The van der Waals surface area contributed by atoms with Gasteiger partial charge in [-0.3, -0.25) is 19.9 Å². The summed E-state index contributed by atoms with van der Waals surface area (Å²) in [6, 6.07) is 10.4. The predicted octanol–water partition coefficient (Wildman–Crippen LogP) is 1.79. The number of nitro benzene ring substituents is 1. The molecule has 0 unspecified atom stereocenters. The molecule has 0 spiro atoms. The molecule has 1 heterocycles. The Morgan fingerprint density at radius 3 is 1.65 bits per heavy atom. The Morgan fingerprint density at radius 1 is 0.882 bits per heavy atom. The maximum absolute atomic E-state index is 10.7. The zero-order valence-electron chi connectivity index (χ0n) is 18.8. The van der Waals surface area contributed by atoms with Crippen LogP contribution in [0.5, 0.6) is 17.2 Å². The first-order valence-electron chi connectivity index (χ1n) is 10.2. The number of carboxylic acids is 2. The first-order chi connectivity index (χ1) is 16.1. The van der Waals surface area contributed by atoms with E-state index in [0.29, 0.717) is 11.5 Å². The van der Waals surface area contributed by atoms with Crippen LogP contribution in [0.3, 0.4) is 0 Å². The van der Waals surface area contributed by atoms with E-state index in [-0.39, 0.29) is 16.4 Å². The fourth-order valence-electron chi connectivity index (χ4n) is 3.38. The maximum Gasteiger partial charge on any atom is 0.414 e. The third-order valence-corrected chi connectivity index (χ3v) is 5.15. The highest BCUT2D eigenvalue weighted by atomic mass is 16.6. The van der Waals surface area contributed by atoms with Gasteiger partial charge in [-0.1, -0.05) is 12.1 Å². The third kappa shape index (κ3) is 7.60. The van der Waals surface area contributed by atoms with E-state index in [9.17, 15) is 15.2 Å². The van der Waals surface area contributed by atoms with Gasteiger partial charge < -0.3 is 24.8 Å². The van der Waals surface area contributed by atoms with Crippen molar-refractivity contribution in [2.45, 2.75) is 13.1 Å². The van der Waals surface area contributed by atoms with Gasteiger partial charge in [-0.25, -0.2) is 9.59 Å². The Kier molecular flexibility index (Phi) is 9.59. The predicted molar refractivity (Wildman–Crippen MR) is 120 cm³/mol. The monoisotopic (exact) mass is 477 g/mol. The second kappa shape index (κ2) is 12.4. The molecule has 0 bridgehead atoms. The highest BCUT2D eigenvalue weighted by Crippen LogP contribution is 2.37. The molecule has 1 saturated heterocycles. The number of nitrogens with zero attached hydrogens (tertiary/aromatic N) is 3. The number of nitro groups is 1. The van der Waals surface area contributed by atoms with Gasteiger partial charge in [0, 0.05) is 51.4 Å². The summed E-state index contributed by atoms with van der Waals surface area (Å²) in [6.45, 7) is 5.20.